The van der Waals surface area contributed by atoms with E-state index in [1.54, 1.807) is 0 Å². The zero-order valence-corrected chi connectivity index (χ0v) is 17.6. The number of thioether (sulfide) groups is 1. The largest absolute Gasteiger partial charge is 0.351 e. The van der Waals surface area contributed by atoms with E-state index >= 15 is 0 Å². The molecule has 1 saturated carbocycles. The first kappa shape index (κ1) is 19.5. The maximum absolute atomic E-state index is 12.5. The summed E-state index contributed by atoms with van der Waals surface area (Å²) in [4.78, 5) is 12.5. The van der Waals surface area contributed by atoms with Crippen LogP contribution >= 0.6 is 11.8 Å². The van der Waals surface area contributed by atoms with Crippen molar-refractivity contribution in [2.45, 2.75) is 30.6 Å². The molecule has 1 fully saturated rings. The number of benzene rings is 2. The molecule has 2 aromatic carbocycles. The van der Waals surface area contributed by atoms with Gasteiger partial charge in [-0.05, 0) is 35.4 Å². The Labute approximate surface area is 183 Å². The number of nitrogens with zero attached hydrogens (tertiary/aromatic N) is 6. The first-order valence-electron chi connectivity index (χ1n) is 10.1. The predicted molar refractivity (Wildman–Crippen MR) is 118 cm³/mol. The number of hydrogen-bond donors (Lipinski definition) is 1. The molecule has 0 saturated heterocycles. The number of carbonyl (C=O) groups is 1. The Kier molecular flexibility index (Phi) is 5.49. The van der Waals surface area contributed by atoms with Crippen molar-refractivity contribution >= 4 is 17.7 Å². The summed E-state index contributed by atoms with van der Waals surface area (Å²) >= 11 is 1.36. The van der Waals surface area contributed by atoms with Gasteiger partial charge in [-0.15, -0.1) is 5.10 Å². The molecule has 156 valence electrons. The highest BCUT2D eigenvalue weighted by Gasteiger charge is 2.28. The summed E-state index contributed by atoms with van der Waals surface area (Å²) in [5.41, 5.74) is 3.80. The minimum absolute atomic E-state index is 0.0678. The van der Waals surface area contributed by atoms with E-state index in [2.05, 4.69) is 20.8 Å². The van der Waals surface area contributed by atoms with E-state index in [0.717, 1.165) is 35.3 Å². The summed E-state index contributed by atoms with van der Waals surface area (Å²) < 4.78 is 3.66. The maximum Gasteiger partial charge on any atom is 0.230 e. The second kappa shape index (κ2) is 8.73. The lowest BCUT2D eigenvalue weighted by Gasteiger charge is -2.06. The molecular formula is C22H21N7OS. The number of hydrogen-bond acceptors (Lipinski definition) is 6. The van der Waals surface area contributed by atoms with Gasteiger partial charge in [-0.25, -0.2) is 9.36 Å². The summed E-state index contributed by atoms with van der Waals surface area (Å²) in [6.45, 7) is 0.393. The molecule has 0 spiro atoms. The van der Waals surface area contributed by atoms with Gasteiger partial charge in [0.05, 0.1) is 23.2 Å². The SMILES string of the molecule is O=C(CSc1nnnn1C1CC1)NCc1cn(-c2ccccc2)nc1-c1ccccc1. The Bertz CT molecular complexity index is 1170. The topological polar surface area (TPSA) is 90.5 Å². The summed E-state index contributed by atoms with van der Waals surface area (Å²) in [5, 5.41) is 20.3. The Morgan fingerprint density at radius 3 is 2.55 bits per heavy atom. The molecule has 0 radical (unpaired) electrons. The summed E-state index contributed by atoms with van der Waals surface area (Å²) in [7, 11) is 0. The number of carbonyl (C=O) groups excluding carboxylic acids is 1. The van der Waals surface area contributed by atoms with Gasteiger partial charge in [0.1, 0.15) is 0 Å². The highest BCUT2D eigenvalue weighted by molar-refractivity contribution is 7.99. The van der Waals surface area contributed by atoms with Crippen molar-refractivity contribution in [1.82, 2.24) is 35.3 Å². The van der Waals surface area contributed by atoms with E-state index in [-0.39, 0.29) is 11.7 Å². The quantitative estimate of drug-likeness (QED) is 0.431. The third kappa shape index (κ3) is 4.51. The van der Waals surface area contributed by atoms with E-state index in [1.807, 2.05) is 76.2 Å². The van der Waals surface area contributed by atoms with Gasteiger partial charge in [0.15, 0.2) is 0 Å². The van der Waals surface area contributed by atoms with E-state index in [9.17, 15) is 4.79 Å². The van der Waals surface area contributed by atoms with Gasteiger partial charge in [-0.1, -0.05) is 60.3 Å². The molecular weight excluding hydrogens is 410 g/mol. The summed E-state index contributed by atoms with van der Waals surface area (Å²) in [6.07, 6.45) is 4.16. The van der Waals surface area contributed by atoms with Crippen LogP contribution in [-0.2, 0) is 11.3 Å². The van der Waals surface area contributed by atoms with Crippen LogP contribution in [0.3, 0.4) is 0 Å². The third-order valence-corrected chi connectivity index (χ3v) is 5.96. The van der Waals surface area contributed by atoms with Gasteiger partial charge >= 0.3 is 0 Å². The van der Waals surface area contributed by atoms with Crippen LogP contribution < -0.4 is 5.32 Å². The van der Waals surface area contributed by atoms with Crippen LogP contribution in [0.15, 0.2) is 72.0 Å². The fourth-order valence-electron chi connectivity index (χ4n) is 3.29. The molecule has 0 unspecified atom stereocenters. The lowest BCUT2D eigenvalue weighted by atomic mass is 10.1. The minimum atomic E-state index is -0.0678. The van der Waals surface area contributed by atoms with Gasteiger partial charge in [0, 0.05) is 23.9 Å². The average Bonchev–Trinajstić information content (AvgIpc) is 3.40. The van der Waals surface area contributed by atoms with E-state index < -0.39 is 0 Å². The van der Waals surface area contributed by atoms with E-state index in [1.165, 1.54) is 11.8 Å². The van der Waals surface area contributed by atoms with Crippen LogP contribution in [0.5, 0.6) is 0 Å². The number of amides is 1. The van der Waals surface area contributed by atoms with Crippen LogP contribution in [0.2, 0.25) is 0 Å². The lowest BCUT2D eigenvalue weighted by Crippen LogP contribution is -2.24. The Balaban J connectivity index is 1.29. The molecule has 31 heavy (non-hydrogen) atoms. The molecule has 8 nitrogen and oxygen atoms in total. The Hall–Kier alpha value is -3.46. The fraction of sp³-hybridized carbons (Fsp3) is 0.227. The number of nitrogens with one attached hydrogen (secondary N) is 1. The highest BCUT2D eigenvalue weighted by atomic mass is 32.2. The predicted octanol–water partition coefficient (Wildman–Crippen LogP) is 3.27. The molecule has 1 N–H and O–H groups in total. The molecule has 1 aliphatic rings. The van der Waals surface area contributed by atoms with Gasteiger partial charge in [-0.2, -0.15) is 5.10 Å². The normalized spacial score (nSPS) is 13.3. The first-order chi connectivity index (χ1) is 15.3. The fourth-order valence-corrected chi connectivity index (χ4v) is 4.07. The van der Waals surface area contributed by atoms with Gasteiger partial charge in [0.25, 0.3) is 0 Å². The van der Waals surface area contributed by atoms with Crippen LogP contribution in [-0.4, -0.2) is 41.6 Å². The smallest absolute Gasteiger partial charge is 0.230 e. The van der Waals surface area contributed by atoms with Gasteiger partial charge in [-0.3, -0.25) is 4.79 Å². The molecule has 0 aliphatic heterocycles. The molecule has 2 heterocycles. The highest BCUT2D eigenvalue weighted by Crippen LogP contribution is 2.36. The van der Waals surface area contributed by atoms with Gasteiger partial charge in [0.2, 0.25) is 11.1 Å². The third-order valence-electron chi connectivity index (χ3n) is 5.02. The molecule has 1 amide bonds. The van der Waals surface area contributed by atoms with Crippen LogP contribution in [0.4, 0.5) is 0 Å². The number of para-hydroxylation sites is 1. The van der Waals surface area contributed by atoms with Crippen molar-refractivity contribution in [3.05, 3.63) is 72.4 Å². The van der Waals surface area contributed by atoms with Crippen molar-refractivity contribution in [3.8, 4) is 16.9 Å². The molecule has 4 aromatic rings. The second-order valence-corrected chi connectivity index (χ2v) is 8.29. The Morgan fingerprint density at radius 1 is 1.06 bits per heavy atom. The standard InChI is InChI=1S/C22H21N7OS/c30-20(15-31-22-24-26-27-29(22)19-11-12-19)23-13-17-14-28(18-9-5-2-6-10-18)25-21(17)16-7-3-1-4-8-16/h1-10,14,19H,11-13,15H2,(H,23,30). The van der Waals surface area contributed by atoms with Crippen molar-refractivity contribution in [1.29, 1.82) is 0 Å². The zero-order chi connectivity index (χ0) is 21.0. The minimum Gasteiger partial charge on any atom is -0.351 e. The first-order valence-corrected chi connectivity index (χ1v) is 11.1. The Morgan fingerprint density at radius 2 is 1.81 bits per heavy atom. The van der Waals surface area contributed by atoms with E-state index in [4.69, 9.17) is 5.10 Å². The second-order valence-electron chi connectivity index (χ2n) is 7.35. The lowest BCUT2D eigenvalue weighted by molar-refractivity contribution is -0.118. The van der Waals surface area contributed by atoms with Crippen LogP contribution in [0.25, 0.3) is 16.9 Å². The molecule has 5 rings (SSSR count). The van der Waals surface area contributed by atoms with Crippen LogP contribution in [0, 0.1) is 0 Å². The van der Waals surface area contributed by atoms with Crippen molar-refractivity contribution in [2.75, 3.05) is 5.75 Å². The maximum atomic E-state index is 12.5. The summed E-state index contributed by atoms with van der Waals surface area (Å²) in [6, 6.07) is 20.3. The van der Waals surface area contributed by atoms with E-state index in [0.29, 0.717) is 17.7 Å². The van der Waals surface area contributed by atoms with Crippen molar-refractivity contribution in [3.63, 3.8) is 0 Å². The molecule has 2 aromatic heterocycles. The summed E-state index contributed by atoms with van der Waals surface area (Å²) in [5.74, 6) is 0.197. The molecule has 0 atom stereocenters. The molecule has 9 heteroatoms. The average molecular weight is 432 g/mol. The molecule has 1 aliphatic carbocycles. The monoisotopic (exact) mass is 431 g/mol. The molecule has 0 bridgehead atoms. The van der Waals surface area contributed by atoms with Crippen molar-refractivity contribution < 1.29 is 4.79 Å². The number of aromatic nitrogens is 6. The van der Waals surface area contributed by atoms with Gasteiger partial charge < -0.3 is 5.32 Å². The number of tetrazole rings is 1. The number of rotatable bonds is 8. The van der Waals surface area contributed by atoms with Crippen LogP contribution in [0.1, 0.15) is 24.4 Å². The van der Waals surface area contributed by atoms with Crippen molar-refractivity contribution in [2.24, 2.45) is 0 Å². The zero-order valence-electron chi connectivity index (χ0n) is 16.8.